The monoisotopic (exact) mass is 334 g/mol. The van der Waals surface area contributed by atoms with Crippen molar-refractivity contribution < 1.29 is 9.13 Å². The maximum absolute atomic E-state index is 14.7. The van der Waals surface area contributed by atoms with Crippen molar-refractivity contribution in [3.05, 3.63) is 60.4 Å². The number of ether oxygens (including phenoxy) is 1. The quantitative estimate of drug-likeness (QED) is 0.475. The molecule has 1 aromatic heterocycles. The number of nitrogens with one attached hydrogen (secondary N) is 1. The molecule has 0 amide bonds. The third kappa shape index (κ3) is 2.84. The van der Waals surface area contributed by atoms with E-state index in [1.54, 1.807) is 6.07 Å². The van der Waals surface area contributed by atoms with Crippen LogP contribution >= 0.6 is 0 Å². The van der Waals surface area contributed by atoms with Gasteiger partial charge in [0.2, 0.25) is 0 Å². The zero-order valence-electron chi connectivity index (χ0n) is 14.1. The van der Waals surface area contributed by atoms with Crippen molar-refractivity contribution in [3.8, 4) is 17.1 Å². The van der Waals surface area contributed by atoms with Crippen molar-refractivity contribution in [3.63, 3.8) is 0 Å². The van der Waals surface area contributed by atoms with Crippen LogP contribution in [0.2, 0.25) is 0 Å². The number of hydrogen-bond donors (Lipinski definition) is 1. The van der Waals surface area contributed by atoms with E-state index in [1.807, 2.05) is 42.5 Å². The molecule has 0 radical (unpaired) electrons. The third-order valence-electron chi connectivity index (χ3n) is 4.33. The SMILES string of the molecule is CCCCOc1c(-c2nc3ccccc3[nH]2)cc(F)c2ccccc12. The van der Waals surface area contributed by atoms with Crippen LogP contribution in [-0.2, 0) is 0 Å². The topological polar surface area (TPSA) is 37.9 Å². The van der Waals surface area contributed by atoms with Gasteiger partial charge >= 0.3 is 0 Å². The second-order valence-corrected chi connectivity index (χ2v) is 6.09. The molecule has 0 saturated heterocycles. The average Bonchev–Trinajstić information content (AvgIpc) is 3.07. The lowest BCUT2D eigenvalue weighted by Crippen LogP contribution is -2.00. The predicted molar refractivity (Wildman–Crippen MR) is 99.4 cm³/mol. The molecule has 4 aromatic rings. The Labute approximate surface area is 145 Å². The van der Waals surface area contributed by atoms with Gasteiger partial charge in [-0.25, -0.2) is 9.37 Å². The molecule has 3 aromatic carbocycles. The first-order valence-electron chi connectivity index (χ1n) is 8.57. The summed E-state index contributed by atoms with van der Waals surface area (Å²) in [5.74, 6) is 1.04. The van der Waals surface area contributed by atoms with Gasteiger partial charge < -0.3 is 9.72 Å². The van der Waals surface area contributed by atoms with Crippen LogP contribution in [0.15, 0.2) is 54.6 Å². The predicted octanol–water partition coefficient (Wildman–Crippen LogP) is 5.70. The fourth-order valence-electron chi connectivity index (χ4n) is 3.03. The maximum atomic E-state index is 14.7. The number of aromatic nitrogens is 2. The Morgan fingerprint density at radius 2 is 1.80 bits per heavy atom. The molecule has 3 nitrogen and oxygen atoms in total. The lowest BCUT2D eigenvalue weighted by atomic mass is 10.0. The van der Waals surface area contributed by atoms with Gasteiger partial charge in [-0.1, -0.05) is 49.7 Å². The summed E-state index contributed by atoms with van der Waals surface area (Å²) in [6.07, 6.45) is 1.99. The van der Waals surface area contributed by atoms with Crippen LogP contribution in [0, 0.1) is 5.82 Å². The molecule has 4 rings (SSSR count). The first-order chi connectivity index (χ1) is 12.3. The normalized spacial score (nSPS) is 11.3. The minimum absolute atomic E-state index is 0.270. The van der Waals surface area contributed by atoms with Crippen molar-refractivity contribution in [2.24, 2.45) is 0 Å². The van der Waals surface area contributed by atoms with Gasteiger partial charge in [-0.3, -0.25) is 0 Å². The number of rotatable bonds is 5. The van der Waals surface area contributed by atoms with Crippen LogP contribution in [0.25, 0.3) is 33.2 Å². The zero-order valence-corrected chi connectivity index (χ0v) is 14.1. The van der Waals surface area contributed by atoms with E-state index in [9.17, 15) is 4.39 Å². The lowest BCUT2D eigenvalue weighted by molar-refractivity contribution is 0.314. The number of para-hydroxylation sites is 2. The highest BCUT2D eigenvalue weighted by molar-refractivity contribution is 5.95. The van der Waals surface area contributed by atoms with E-state index in [2.05, 4.69) is 16.9 Å². The van der Waals surface area contributed by atoms with E-state index < -0.39 is 0 Å². The minimum atomic E-state index is -0.270. The Hall–Kier alpha value is -2.88. The van der Waals surface area contributed by atoms with Crippen LogP contribution in [-0.4, -0.2) is 16.6 Å². The molecule has 0 atom stereocenters. The number of unbranched alkanes of at least 4 members (excludes halogenated alkanes) is 1. The standard InChI is InChI=1S/C21H19FN2O/c1-2-3-12-25-20-15-9-5-4-8-14(15)17(22)13-16(20)21-23-18-10-6-7-11-19(18)24-21/h4-11,13H,2-3,12H2,1H3,(H,23,24). The summed E-state index contributed by atoms with van der Waals surface area (Å²) in [5.41, 5.74) is 2.43. The Bertz CT molecular complexity index is 1010. The number of nitrogens with zero attached hydrogens (tertiary/aromatic N) is 1. The van der Waals surface area contributed by atoms with Gasteiger partial charge in [-0.05, 0) is 24.6 Å². The van der Waals surface area contributed by atoms with Crippen molar-refractivity contribution >= 4 is 21.8 Å². The van der Waals surface area contributed by atoms with E-state index in [0.717, 1.165) is 29.3 Å². The first kappa shape index (κ1) is 15.6. The fourth-order valence-corrected chi connectivity index (χ4v) is 3.03. The number of aromatic amines is 1. The minimum Gasteiger partial charge on any atom is -0.492 e. The fraction of sp³-hybridized carbons (Fsp3) is 0.190. The Balaban J connectivity index is 1.93. The lowest BCUT2D eigenvalue weighted by Gasteiger charge is -2.14. The van der Waals surface area contributed by atoms with Gasteiger partial charge in [0.1, 0.15) is 17.4 Å². The second-order valence-electron chi connectivity index (χ2n) is 6.09. The Morgan fingerprint density at radius 1 is 1.04 bits per heavy atom. The molecule has 0 fully saturated rings. The second kappa shape index (κ2) is 6.55. The maximum Gasteiger partial charge on any atom is 0.142 e. The van der Waals surface area contributed by atoms with E-state index in [1.165, 1.54) is 6.07 Å². The van der Waals surface area contributed by atoms with Crippen LogP contribution in [0.5, 0.6) is 5.75 Å². The molecule has 0 aliphatic heterocycles. The highest BCUT2D eigenvalue weighted by Gasteiger charge is 2.17. The molecule has 0 spiro atoms. The van der Waals surface area contributed by atoms with Crippen LogP contribution in [0.1, 0.15) is 19.8 Å². The highest BCUT2D eigenvalue weighted by atomic mass is 19.1. The Morgan fingerprint density at radius 3 is 2.60 bits per heavy atom. The molecule has 0 unspecified atom stereocenters. The number of fused-ring (bicyclic) bond motifs is 2. The largest absolute Gasteiger partial charge is 0.492 e. The van der Waals surface area contributed by atoms with Gasteiger partial charge in [0.05, 0.1) is 23.2 Å². The zero-order chi connectivity index (χ0) is 17.2. The van der Waals surface area contributed by atoms with E-state index in [0.29, 0.717) is 29.1 Å². The molecule has 1 heterocycles. The molecule has 0 bridgehead atoms. The molecular weight excluding hydrogens is 315 g/mol. The summed E-state index contributed by atoms with van der Waals surface area (Å²) in [7, 11) is 0. The number of halogens is 1. The first-order valence-corrected chi connectivity index (χ1v) is 8.57. The van der Waals surface area contributed by atoms with Crippen LogP contribution in [0.3, 0.4) is 0 Å². The molecule has 1 N–H and O–H groups in total. The van der Waals surface area contributed by atoms with Gasteiger partial charge in [-0.15, -0.1) is 0 Å². The Kier molecular flexibility index (Phi) is 4.10. The summed E-state index contributed by atoms with van der Waals surface area (Å²) in [5, 5.41) is 1.34. The van der Waals surface area contributed by atoms with Gasteiger partial charge in [0.25, 0.3) is 0 Å². The molecular formula is C21H19FN2O. The molecule has 0 aliphatic carbocycles. The van der Waals surface area contributed by atoms with Crippen molar-refractivity contribution in [2.75, 3.05) is 6.61 Å². The molecule has 0 saturated carbocycles. The highest BCUT2D eigenvalue weighted by Crippen LogP contribution is 2.38. The van der Waals surface area contributed by atoms with Gasteiger partial charge in [0.15, 0.2) is 0 Å². The van der Waals surface area contributed by atoms with Crippen LogP contribution in [0.4, 0.5) is 4.39 Å². The number of H-pyrrole nitrogens is 1. The van der Waals surface area contributed by atoms with Gasteiger partial charge in [-0.2, -0.15) is 0 Å². The number of hydrogen-bond acceptors (Lipinski definition) is 2. The molecule has 4 heteroatoms. The summed E-state index contributed by atoms with van der Waals surface area (Å²) >= 11 is 0. The molecule has 126 valence electrons. The smallest absolute Gasteiger partial charge is 0.142 e. The van der Waals surface area contributed by atoms with Gasteiger partial charge in [0, 0.05) is 10.8 Å². The third-order valence-corrected chi connectivity index (χ3v) is 4.33. The van der Waals surface area contributed by atoms with Crippen molar-refractivity contribution in [2.45, 2.75) is 19.8 Å². The van der Waals surface area contributed by atoms with Crippen molar-refractivity contribution in [1.82, 2.24) is 9.97 Å². The van der Waals surface area contributed by atoms with E-state index >= 15 is 0 Å². The van der Waals surface area contributed by atoms with Crippen LogP contribution < -0.4 is 4.74 Å². The summed E-state index contributed by atoms with van der Waals surface area (Å²) in [6, 6.07) is 16.7. The van der Waals surface area contributed by atoms with E-state index in [-0.39, 0.29) is 5.82 Å². The summed E-state index contributed by atoms with van der Waals surface area (Å²) in [6.45, 7) is 2.71. The number of imidazole rings is 1. The molecule has 25 heavy (non-hydrogen) atoms. The van der Waals surface area contributed by atoms with Crippen molar-refractivity contribution in [1.29, 1.82) is 0 Å². The molecule has 0 aliphatic rings. The van der Waals surface area contributed by atoms with E-state index in [4.69, 9.17) is 4.74 Å². The summed E-state index contributed by atoms with van der Waals surface area (Å²) in [4.78, 5) is 7.89. The average molecular weight is 334 g/mol. The summed E-state index contributed by atoms with van der Waals surface area (Å²) < 4.78 is 20.7. The number of benzene rings is 3.